The number of rotatable bonds is 4. The van der Waals surface area contributed by atoms with Crippen LogP contribution in [0.4, 0.5) is 4.79 Å². The number of likely N-dealkylation sites (tertiary alicyclic amines) is 1. The fraction of sp³-hybridized carbons (Fsp3) is 0.857. The van der Waals surface area contributed by atoms with E-state index >= 15 is 0 Å². The monoisotopic (exact) mass is 300 g/mol. The minimum Gasteiger partial charge on any atom is -0.481 e. The van der Waals surface area contributed by atoms with Gasteiger partial charge in [-0.25, -0.2) is 4.79 Å². The summed E-state index contributed by atoms with van der Waals surface area (Å²) >= 11 is 1.95. The molecule has 2 saturated heterocycles. The summed E-state index contributed by atoms with van der Waals surface area (Å²) in [5, 5.41) is 12.4. The van der Waals surface area contributed by atoms with E-state index in [-0.39, 0.29) is 18.4 Å². The first-order valence-corrected chi connectivity index (χ1v) is 8.56. The standard InChI is InChI=1S/C14H24N2O3S/c17-13(18)8-11-4-3-6-16(10-11)14(19)15-9-12-5-1-2-7-20-12/h11-12H,1-10H2,(H,15,19)(H,17,18). The van der Waals surface area contributed by atoms with Crippen molar-refractivity contribution < 1.29 is 14.7 Å². The lowest BCUT2D eigenvalue weighted by molar-refractivity contribution is -0.138. The van der Waals surface area contributed by atoms with Gasteiger partial charge in [-0.15, -0.1) is 0 Å². The first-order chi connectivity index (χ1) is 9.65. The van der Waals surface area contributed by atoms with Gasteiger partial charge in [0.25, 0.3) is 0 Å². The molecule has 0 aromatic carbocycles. The van der Waals surface area contributed by atoms with E-state index in [1.165, 1.54) is 25.0 Å². The first-order valence-electron chi connectivity index (χ1n) is 7.51. The molecule has 0 spiro atoms. The largest absolute Gasteiger partial charge is 0.481 e. The highest BCUT2D eigenvalue weighted by Gasteiger charge is 2.25. The molecule has 2 rings (SSSR count). The minimum absolute atomic E-state index is 0.0220. The van der Waals surface area contributed by atoms with Gasteiger partial charge in [-0.05, 0) is 37.4 Å². The van der Waals surface area contributed by atoms with Crippen molar-refractivity contribution in [1.82, 2.24) is 10.2 Å². The molecule has 2 unspecified atom stereocenters. The molecule has 2 heterocycles. The number of aliphatic carboxylic acids is 1. The Kier molecular flexibility index (Phi) is 6.01. The molecule has 2 N–H and O–H groups in total. The minimum atomic E-state index is -0.768. The summed E-state index contributed by atoms with van der Waals surface area (Å²) in [6.45, 7) is 2.07. The molecule has 2 aliphatic heterocycles. The van der Waals surface area contributed by atoms with Crippen molar-refractivity contribution in [2.75, 3.05) is 25.4 Å². The van der Waals surface area contributed by atoms with Gasteiger partial charge in [0.2, 0.25) is 0 Å². The zero-order valence-electron chi connectivity index (χ0n) is 11.8. The number of carbonyl (C=O) groups excluding carboxylic acids is 1. The van der Waals surface area contributed by atoms with Crippen molar-refractivity contribution in [2.24, 2.45) is 5.92 Å². The number of hydrogen-bond acceptors (Lipinski definition) is 3. The Labute approximate surface area is 124 Å². The Morgan fingerprint density at radius 1 is 1.25 bits per heavy atom. The summed E-state index contributed by atoms with van der Waals surface area (Å²) in [7, 11) is 0. The lowest BCUT2D eigenvalue weighted by atomic mass is 9.95. The van der Waals surface area contributed by atoms with Crippen molar-refractivity contribution in [3.05, 3.63) is 0 Å². The molecule has 20 heavy (non-hydrogen) atoms. The zero-order valence-corrected chi connectivity index (χ0v) is 12.7. The number of thioether (sulfide) groups is 1. The van der Waals surface area contributed by atoms with E-state index in [0.29, 0.717) is 11.8 Å². The Hall–Kier alpha value is -0.910. The molecule has 2 fully saturated rings. The maximum absolute atomic E-state index is 12.1. The third-order valence-electron chi connectivity index (χ3n) is 4.02. The number of hydrogen-bond donors (Lipinski definition) is 2. The molecule has 0 radical (unpaired) electrons. The van der Waals surface area contributed by atoms with Crippen LogP contribution >= 0.6 is 11.8 Å². The highest BCUT2D eigenvalue weighted by Crippen LogP contribution is 2.24. The second-order valence-electron chi connectivity index (χ2n) is 5.73. The molecule has 2 atom stereocenters. The zero-order chi connectivity index (χ0) is 14.4. The smallest absolute Gasteiger partial charge is 0.317 e. The number of nitrogens with one attached hydrogen (secondary N) is 1. The second kappa shape index (κ2) is 7.76. The normalized spacial score (nSPS) is 27.1. The van der Waals surface area contributed by atoms with Gasteiger partial charge >= 0.3 is 12.0 Å². The SMILES string of the molecule is O=C(O)CC1CCCN(C(=O)NCC2CCCCS2)C1. The van der Waals surface area contributed by atoms with Crippen LogP contribution in [0, 0.1) is 5.92 Å². The van der Waals surface area contributed by atoms with Crippen LogP contribution in [0.5, 0.6) is 0 Å². The number of carboxylic acids is 1. The Morgan fingerprint density at radius 3 is 2.80 bits per heavy atom. The van der Waals surface area contributed by atoms with Crippen LogP contribution in [-0.4, -0.2) is 52.6 Å². The number of carbonyl (C=O) groups is 2. The lowest BCUT2D eigenvalue weighted by Crippen LogP contribution is -2.47. The maximum atomic E-state index is 12.1. The van der Waals surface area contributed by atoms with Crippen molar-refractivity contribution in [2.45, 2.75) is 43.8 Å². The van der Waals surface area contributed by atoms with Gasteiger partial charge in [0, 0.05) is 31.3 Å². The van der Waals surface area contributed by atoms with Crippen LogP contribution in [0.15, 0.2) is 0 Å². The summed E-state index contributed by atoms with van der Waals surface area (Å²) in [5.41, 5.74) is 0. The predicted octanol–water partition coefficient (Wildman–Crippen LogP) is 2.17. The summed E-state index contributed by atoms with van der Waals surface area (Å²) in [4.78, 5) is 24.7. The van der Waals surface area contributed by atoms with Gasteiger partial charge in [-0.2, -0.15) is 11.8 Å². The van der Waals surface area contributed by atoms with E-state index in [2.05, 4.69) is 5.32 Å². The van der Waals surface area contributed by atoms with E-state index in [0.717, 1.165) is 25.9 Å². The summed E-state index contributed by atoms with van der Waals surface area (Å²) < 4.78 is 0. The summed E-state index contributed by atoms with van der Waals surface area (Å²) in [6, 6.07) is -0.0220. The van der Waals surface area contributed by atoms with Gasteiger partial charge < -0.3 is 15.3 Å². The molecular weight excluding hydrogens is 276 g/mol. The number of nitrogens with zero attached hydrogens (tertiary/aromatic N) is 1. The van der Waals surface area contributed by atoms with E-state index < -0.39 is 5.97 Å². The average molecular weight is 300 g/mol. The molecule has 5 nitrogen and oxygen atoms in total. The number of carboxylic acid groups (broad SMARTS) is 1. The fourth-order valence-corrected chi connectivity index (χ4v) is 4.18. The molecule has 6 heteroatoms. The molecule has 0 aliphatic carbocycles. The van der Waals surface area contributed by atoms with Crippen LogP contribution in [0.25, 0.3) is 0 Å². The lowest BCUT2D eigenvalue weighted by Gasteiger charge is -2.32. The van der Waals surface area contributed by atoms with E-state index in [1.54, 1.807) is 4.90 Å². The number of amides is 2. The number of piperidine rings is 1. The van der Waals surface area contributed by atoms with E-state index in [4.69, 9.17) is 5.11 Å². The van der Waals surface area contributed by atoms with Crippen LogP contribution < -0.4 is 5.32 Å². The third kappa shape index (κ3) is 4.89. The molecule has 114 valence electrons. The molecule has 0 bridgehead atoms. The maximum Gasteiger partial charge on any atom is 0.317 e. The predicted molar refractivity (Wildman–Crippen MR) is 80.0 cm³/mol. The Bertz CT molecular complexity index is 345. The Morgan fingerprint density at radius 2 is 2.10 bits per heavy atom. The van der Waals surface area contributed by atoms with Gasteiger partial charge in [-0.1, -0.05) is 6.42 Å². The summed E-state index contributed by atoms with van der Waals surface area (Å²) in [6.07, 6.45) is 5.73. The molecule has 0 aromatic rings. The van der Waals surface area contributed by atoms with Crippen molar-refractivity contribution in [1.29, 1.82) is 0 Å². The van der Waals surface area contributed by atoms with Gasteiger partial charge in [0.15, 0.2) is 0 Å². The Balaban J connectivity index is 1.72. The quantitative estimate of drug-likeness (QED) is 0.835. The molecule has 2 aliphatic rings. The van der Waals surface area contributed by atoms with Crippen molar-refractivity contribution >= 4 is 23.8 Å². The van der Waals surface area contributed by atoms with Gasteiger partial charge in [-0.3, -0.25) is 4.79 Å². The van der Waals surface area contributed by atoms with Crippen LogP contribution in [-0.2, 0) is 4.79 Å². The molecule has 0 aromatic heterocycles. The van der Waals surface area contributed by atoms with Crippen molar-refractivity contribution in [3.8, 4) is 0 Å². The highest BCUT2D eigenvalue weighted by molar-refractivity contribution is 7.99. The first kappa shape index (κ1) is 15.5. The van der Waals surface area contributed by atoms with Gasteiger partial charge in [0.05, 0.1) is 0 Å². The molecular formula is C14H24N2O3S. The van der Waals surface area contributed by atoms with Crippen LogP contribution in [0.2, 0.25) is 0 Å². The average Bonchev–Trinajstić information content (AvgIpc) is 2.45. The third-order valence-corrected chi connectivity index (χ3v) is 5.42. The van der Waals surface area contributed by atoms with Gasteiger partial charge in [0.1, 0.15) is 0 Å². The second-order valence-corrected chi connectivity index (χ2v) is 7.14. The molecule has 2 amide bonds. The van der Waals surface area contributed by atoms with Crippen LogP contribution in [0.3, 0.4) is 0 Å². The van der Waals surface area contributed by atoms with Crippen LogP contribution in [0.1, 0.15) is 38.5 Å². The highest BCUT2D eigenvalue weighted by atomic mass is 32.2. The van der Waals surface area contributed by atoms with E-state index in [9.17, 15) is 9.59 Å². The fourth-order valence-electron chi connectivity index (χ4n) is 2.94. The molecule has 0 saturated carbocycles. The summed E-state index contributed by atoms with van der Waals surface area (Å²) in [5.74, 6) is 0.539. The van der Waals surface area contributed by atoms with Crippen molar-refractivity contribution in [3.63, 3.8) is 0 Å². The van der Waals surface area contributed by atoms with E-state index in [1.807, 2.05) is 11.8 Å². The topological polar surface area (TPSA) is 69.6 Å². The number of urea groups is 1.